The van der Waals surface area contributed by atoms with Crippen molar-refractivity contribution in [3.63, 3.8) is 0 Å². The molecule has 0 saturated carbocycles. The van der Waals surface area contributed by atoms with Gasteiger partial charge in [-0.1, -0.05) is 36.4 Å². The van der Waals surface area contributed by atoms with Crippen molar-refractivity contribution in [2.75, 3.05) is 5.32 Å². The Bertz CT molecular complexity index is 905. The third-order valence-corrected chi connectivity index (χ3v) is 3.68. The predicted molar refractivity (Wildman–Crippen MR) is 106 cm³/mol. The summed E-state index contributed by atoms with van der Waals surface area (Å²) in [6, 6.07) is 15.1. The molecule has 3 aromatic rings. The van der Waals surface area contributed by atoms with Crippen LogP contribution in [-0.2, 0) is 6.54 Å². The number of nitrogens with zero attached hydrogens (tertiary/aromatic N) is 3. The molecule has 6 nitrogen and oxygen atoms in total. The molecule has 0 aliphatic rings. The third-order valence-electron chi connectivity index (χ3n) is 3.68. The van der Waals surface area contributed by atoms with Gasteiger partial charge in [-0.15, -0.1) is 0 Å². The van der Waals surface area contributed by atoms with Crippen LogP contribution in [0.5, 0.6) is 0 Å². The van der Waals surface area contributed by atoms with Gasteiger partial charge in [0.05, 0.1) is 0 Å². The lowest BCUT2D eigenvalue weighted by Gasteiger charge is -2.20. The van der Waals surface area contributed by atoms with E-state index in [1.165, 1.54) is 0 Å². The fourth-order valence-corrected chi connectivity index (χ4v) is 2.47. The van der Waals surface area contributed by atoms with Gasteiger partial charge in [-0.2, -0.15) is 0 Å². The molecule has 0 unspecified atom stereocenters. The van der Waals surface area contributed by atoms with Gasteiger partial charge in [-0.3, -0.25) is 9.78 Å². The molecule has 0 aliphatic heterocycles. The number of carbonyl (C=O) groups excluding carboxylic acids is 1. The number of pyridine rings is 1. The molecule has 0 radical (unpaired) electrons. The SMILES string of the molecule is CC(C)(C)NC(=O)c1cc(NCc2cccnc2)nc(-c2ccccc2)n1. The first kappa shape index (κ1) is 18.5. The van der Waals surface area contributed by atoms with Crippen molar-refractivity contribution in [1.82, 2.24) is 20.3 Å². The summed E-state index contributed by atoms with van der Waals surface area (Å²) in [5.74, 6) is 0.865. The number of hydrogen-bond donors (Lipinski definition) is 2. The molecule has 0 saturated heterocycles. The van der Waals surface area contributed by atoms with Crippen LogP contribution in [0.15, 0.2) is 60.9 Å². The average molecular weight is 361 g/mol. The zero-order chi connectivity index (χ0) is 19.3. The highest BCUT2D eigenvalue weighted by Gasteiger charge is 2.18. The summed E-state index contributed by atoms with van der Waals surface area (Å²) < 4.78 is 0. The first-order chi connectivity index (χ1) is 12.9. The predicted octanol–water partition coefficient (Wildman–Crippen LogP) is 3.68. The maximum Gasteiger partial charge on any atom is 0.270 e. The van der Waals surface area contributed by atoms with E-state index in [2.05, 4.69) is 25.6 Å². The molecular weight excluding hydrogens is 338 g/mol. The molecule has 1 amide bonds. The zero-order valence-electron chi connectivity index (χ0n) is 15.7. The molecule has 2 N–H and O–H groups in total. The highest BCUT2D eigenvalue weighted by molar-refractivity contribution is 5.93. The van der Waals surface area contributed by atoms with Gasteiger partial charge in [0.15, 0.2) is 5.82 Å². The van der Waals surface area contributed by atoms with E-state index in [9.17, 15) is 4.79 Å². The van der Waals surface area contributed by atoms with Gasteiger partial charge >= 0.3 is 0 Å². The molecule has 0 bridgehead atoms. The van der Waals surface area contributed by atoms with E-state index in [0.717, 1.165) is 11.1 Å². The number of aromatic nitrogens is 3. The van der Waals surface area contributed by atoms with Gasteiger partial charge in [0, 0.05) is 36.1 Å². The number of anilines is 1. The highest BCUT2D eigenvalue weighted by atomic mass is 16.2. The number of benzene rings is 1. The smallest absolute Gasteiger partial charge is 0.270 e. The van der Waals surface area contributed by atoms with Gasteiger partial charge in [0.25, 0.3) is 5.91 Å². The maximum atomic E-state index is 12.6. The zero-order valence-corrected chi connectivity index (χ0v) is 15.7. The van der Waals surface area contributed by atoms with Crippen LogP contribution in [0.25, 0.3) is 11.4 Å². The van der Waals surface area contributed by atoms with E-state index in [1.54, 1.807) is 18.5 Å². The molecule has 3 rings (SSSR count). The lowest BCUT2D eigenvalue weighted by Crippen LogP contribution is -2.41. The molecule has 0 spiro atoms. The van der Waals surface area contributed by atoms with Crippen molar-refractivity contribution in [3.8, 4) is 11.4 Å². The second-order valence-electron chi connectivity index (χ2n) is 7.25. The summed E-state index contributed by atoms with van der Waals surface area (Å²) in [4.78, 5) is 25.8. The Labute approximate surface area is 159 Å². The molecule has 138 valence electrons. The number of carbonyl (C=O) groups is 1. The summed E-state index contributed by atoms with van der Waals surface area (Å²) in [5.41, 5.74) is 1.86. The highest BCUT2D eigenvalue weighted by Crippen LogP contribution is 2.19. The first-order valence-electron chi connectivity index (χ1n) is 8.80. The number of hydrogen-bond acceptors (Lipinski definition) is 5. The van der Waals surface area contributed by atoms with Crippen LogP contribution in [0, 0.1) is 0 Å². The number of rotatable bonds is 5. The maximum absolute atomic E-state index is 12.6. The number of nitrogens with one attached hydrogen (secondary N) is 2. The largest absolute Gasteiger partial charge is 0.366 e. The van der Waals surface area contributed by atoms with Gasteiger partial charge in [-0.25, -0.2) is 9.97 Å². The van der Waals surface area contributed by atoms with Crippen molar-refractivity contribution in [1.29, 1.82) is 0 Å². The molecule has 0 atom stereocenters. The van der Waals surface area contributed by atoms with E-state index >= 15 is 0 Å². The molecule has 2 heterocycles. The number of amides is 1. The van der Waals surface area contributed by atoms with Crippen LogP contribution < -0.4 is 10.6 Å². The summed E-state index contributed by atoms with van der Waals surface area (Å²) in [7, 11) is 0. The van der Waals surface area contributed by atoms with Crippen molar-refractivity contribution in [2.45, 2.75) is 32.9 Å². The van der Waals surface area contributed by atoms with Crippen molar-refractivity contribution in [3.05, 3.63) is 72.2 Å². The molecule has 2 aromatic heterocycles. The molecule has 6 heteroatoms. The standard InChI is InChI=1S/C21H23N5O/c1-21(2,3)26-20(27)17-12-18(23-14-15-8-7-11-22-13-15)25-19(24-17)16-9-5-4-6-10-16/h4-13H,14H2,1-3H3,(H,26,27)(H,23,24,25). The van der Waals surface area contributed by atoms with E-state index in [1.807, 2.05) is 63.2 Å². The summed E-state index contributed by atoms with van der Waals surface area (Å²) >= 11 is 0. The summed E-state index contributed by atoms with van der Waals surface area (Å²) in [6.07, 6.45) is 3.52. The third kappa shape index (κ3) is 5.34. The van der Waals surface area contributed by atoms with Crippen LogP contribution >= 0.6 is 0 Å². The van der Waals surface area contributed by atoms with Gasteiger partial charge in [0.2, 0.25) is 0 Å². The fourth-order valence-electron chi connectivity index (χ4n) is 2.47. The van der Waals surface area contributed by atoms with E-state index in [4.69, 9.17) is 0 Å². The minimum Gasteiger partial charge on any atom is -0.366 e. The first-order valence-corrected chi connectivity index (χ1v) is 8.80. The molecule has 0 aliphatic carbocycles. The van der Waals surface area contributed by atoms with Crippen LogP contribution in [0.2, 0.25) is 0 Å². The van der Waals surface area contributed by atoms with E-state index in [-0.39, 0.29) is 11.4 Å². The Morgan fingerprint density at radius 3 is 2.48 bits per heavy atom. The minimum absolute atomic E-state index is 0.230. The fraction of sp³-hybridized carbons (Fsp3) is 0.238. The van der Waals surface area contributed by atoms with Gasteiger partial charge in [-0.05, 0) is 32.4 Å². The van der Waals surface area contributed by atoms with Gasteiger partial charge in [0.1, 0.15) is 11.5 Å². The Hall–Kier alpha value is -3.28. The summed E-state index contributed by atoms with van der Waals surface area (Å²) in [5, 5.41) is 6.21. The molecule has 1 aromatic carbocycles. The Balaban J connectivity index is 1.91. The molecular formula is C21H23N5O. The topological polar surface area (TPSA) is 79.8 Å². The lowest BCUT2D eigenvalue weighted by atomic mass is 10.1. The van der Waals surface area contributed by atoms with Crippen molar-refractivity contribution < 1.29 is 4.79 Å². The van der Waals surface area contributed by atoms with Crippen molar-refractivity contribution in [2.24, 2.45) is 0 Å². The van der Waals surface area contributed by atoms with Crippen LogP contribution in [0.1, 0.15) is 36.8 Å². The van der Waals surface area contributed by atoms with Crippen molar-refractivity contribution >= 4 is 11.7 Å². The normalized spacial score (nSPS) is 11.1. The average Bonchev–Trinajstić information content (AvgIpc) is 2.66. The van der Waals surface area contributed by atoms with Crippen LogP contribution in [0.3, 0.4) is 0 Å². The Morgan fingerprint density at radius 2 is 1.81 bits per heavy atom. The molecule has 27 heavy (non-hydrogen) atoms. The lowest BCUT2D eigenvalue weighted by molar-refractivity contribution is 0.0914. The molecule has 0 fully saturated rings. The van der Waals surface area contributed by atoms with Gasteiger partial charge < -0.3 is 10.6 Å². The van der Waals surface area contributed by atoms with Crippen LogP contribution in [0.4, 0.5) is 5.82 Å². The van der Waals surface area contributed by atoms with E-state index < -0.39 is 0 Å². The quantitative estimate of drug-likeness (QED) is 0.725. The Kier molecular flexibility index (Phi) is 5.45. The second kappa shape index (κ2) is 7.95. The monoisotopic (exact) mass is 361 g/mol. The van der Waals surface area contributed by atoms with Crippen LogP contribution in [-0.4, -0.2) is 26.4 Å². The Morgan fingerprint density at radius 1 is 1.04 bits per heavy atom. The minimum atomic E-state index is -0.349. The second-order valence-corrected chi connectivity index (χ2v) is 7.25. The summed E-state index contributed by atoms with van der Waals surface area (Å²) in [6.45, 7) is 6.36. The van der Waals surface area contributed by atoms with E-state index in [0.29, 0.717) is 23.9 Å².